The number of rotatable bonds is 8. The van der Waals surface area contributed by atoms with Gasteiger partial charge in [-0.15, -0.1) is 0 Å². The molecule has 28 heavy (non-hydrogen) atoms. The fourth-order valence-corrected chi connectivity index (χ4v) is 3.36. The highest BCUT2D eigenvalue weighted by molar-refractivity contribution is 6.04. The van der Waals surface area contributed by atoms with Gasteiger partial charge in [-0.05, 0) is 82.7 Å². The van der Waals surface area contributed by atoms with Gasteiger partial charge < -0.3 is 20.4 Å². The van der Waals surface area contributed by atoms with Crippen LogP contribution < -0.4 is 15.5 Å². The van der Waals surface area contributed by atoms with E-state index >= 15 is 0 Å². The second kappa shape index (κ2) is 10.1. The molecule has 150 valence electrons. The van der Waals surface area contributed by atoms with E-state index in [-0.39, 0.29) is 5.91 Å². The molecule has 0 radical (unpaired) electrons. The van der Waals surface area contributed by atoms with Crippen molar-refractivity contribution in [2.75, 3.05) is 55.8 Å². The average molecular weight is 382 g/mol. The topological polar surface area (TPSA) is 60.5 Å². The Labute approximate surface area is 167 Å². The number of piperidine rings is 1. The van der Waals surface area contributed by atoms with E-state index in [1.54, 1.807) is 12.3 Å². The van der Waals surface area contributed by atoms with E-state index in [9.17, 15) is 4.79 Å². The SMILES string of the molecule is CN(C)CCCNc1ccc(C(=O)Nc2ccc(N3CCCCC3)cc2)cn1. The minimum absolute atomic E-state index is 0.141. The number of pyridine rings is 1. The summed E-state index contributed by atoms with van der Waals surface area (Å²) < 4.78 is 0. The Morgan fingerprint density at radius 1 is 1.07 bits per heavy atom. The minimum Gasteiger partial charge on any atom is -0.372 e. The van der Waals surface area contributed by atoms with Gasteiger partial charge in [0.25, 0.3) is 5.91 Å². The molecule has 2 N–H and O–H groups in total. The summed E-state index contributed by atoms with van der Waals surface area (Å²) in [5.41, 5.74) is 2.58. The Balaban J connectivity index is 1.50. The molecule has 2 heterocycles. The maximum atomic E-state index is 12.5. The first-order valence-corrected chi connectivity index (χ1v) is 10.1. The standard InChI is InChI=1S/C22H31N5O/c1-26(2)14-6-13-23-21-12-7-18(17-24-21)22(28)25-19-8-10-20(11-9-19)27-15-4-3-5-16-27/h7-12,17H,3-6,13-16H2,1-2H3,(H,23,24)(H,25,28). The van der Waals surface area contributed by atoms with E-state index < -0.39 is 0 Å². The molecule has 0 spiro atoms. The van der Waals surface area contributed by atoms with Crippen molar-refractivity contribution in [3.8, 4) is 0 Å². The predicted octanol–water partition coefficient (Wildman–Crippen LogP) is 3.69. The summed E-state index contributed by atoms with van der Waals surface area (Å²) in [6.45, 7) is 4.13. The van der Waals surface area contributed by atoms with E-state index in [1.807, 2.05) is 18.2 Å². The van der Waals surface area contributed by atoms with Crippen LogP contribution in [0.2, 0.25) is 0 Å². The summed E-state index contributed by atoms with van der Waals surface area (Å²) in [6, 6.07) is 11.8. The second-order valence-corrected chi connectivity index (χ2v) is 7.56. The van der Waals surface area contributed by atoms with Crippen LogP contribution in [0.4, 0.5) is 17.2 Å². The van der Waals surface area contributed by atoms with E-state index in [2.05, 4.69) is 51.6 Å². The molecule has 0 unspecified atom stereocenters. The Kier molecular flexibility index (Phi) is 7.25. The van der Waals surface area contributed by atoms with Crippen LogP contribution in [0.3, 0.4) is 0 Å². The number of nitrogens with zero attached hydrogens (tertiary/aromatic N) is 3. The summed E-state index contributed by atoms with van der Waals surface area (Å²) in [4.78, 5) is 21.4. The molecule has 3 rings (SSSR count). The van der Waals surface area contributed by atoms with Crippen molar-refractivity contribution in [2.24, 2.45) is 0 Å². The lowest BCUT2D eigenvalue weighted by Gasteiger charge is -2.28. The predicted molar refractivity (Wildman–Crippen MR) is 116 cm³/mol. The zero-order valence-corrected chi connectivity index (χ0v) is 16.9. The third-order valence-corrected chi connectivity index (χ3v) is 4.96. The van der Waals surface area contributed by atoms with E-state index in [4.69, 9.17) is 0 Å². The number of nitrogens with one attached hydrogen (secondary N) is 2. The van der Waals surface area contributed by atoms with Crippen molar-refractivity contribution in [3.05, 3.63) is 48.2 Å². The van der Waals surface area contributed by atoms with Gasteiger partial charge in [0.2, 0.25) is 0 Å². The summed E-state index contributed by atoms with van der Waals surface area (Å²) in [5, 5.41) is 6.23. The Hall–Kier alpha value is -2.60. The number of carbonyl (C=O) groups excluding carboxylic acids is 1. The van der Waals surface area contributed by atoms with Crippen LogP contribution in [0.15, 0.2) is 42.6 Å². The van der Waals surface area contributed by atoms with E-state index in [0.717, 1.165) is 44.1 Å². The van der Waals surface area contributed by atoms with Gasteiger partial charge in [0.1, 0.15) is 5.82 Å². The number of hydrogen-bond donors (Lipinski definition) is 2. The monoisotopic (exact) mass is 381 g/mol. The first-order chi connectivity index (χ1) is 13.6. The lowest BCUT2D eigenvalue weighted by molar-refractivity contribution is 0.102. The quantitative estimate of drug-likeness (QED) is 0.683. The molecule has 1 aliphatic heterocycles. The van der Waals surface area contributed by atoms with Gasteiger partial charge in [-0.2, -0.15) is 0 Å². The van der Waals surface area contributed by atoms with Crippen LogP contribution in [0.1, 0.15) is 36.0 Å². The van der Waals surface area contributed by atoms with E-state index in [0.29, 0.717) is 5.56 Å². The van der Waals surface area contributed by atoms with Crippen LogP contribution >= 0.6 is 0 Å². The Morgan fingerprint density at radius 2 is 1.82 bits per heavy atom. The minimum atomic E-state index is -0.141. The Morgan fingerprint density at radius 3 is 2.46 bits per heavy atom. The Bertz CT molecular complexity index is 737. The second-order valence-electron chi connectivity index (χ2n) is 7.56. The summed E-state index contributed by atoms with van der Waals surface area (Å²) in [6.07, 6.45) is 6.50. The largest absolute Gasteiger partial charge is 0.372 e. The molecule has 1 saturated heterocycles. The highest BCUT2D eigenvalue weighted by Crippen LogP contribution is 2.22. The lowest BCUT2D eigenvalue weighted by atomic mass is 10.1. The molecular formula is C22H31N5O. The highest BCUT2D eigenvalue weighted by Gasteiger charge is 2.11. The van der Waals surface area contributed by atoms with Crippen molar-refractivity contribution in [1.82, 2.24) is 9.88 Å². The molecular weight excluding hydrogens is 350 g/mol. The molecule has 1 amide bonds. The summed E-state index contributed by atoms with van der Waals surface area (Å²) in [7, 11) is 4.12. The summed E-state index contributed by atoms with van der Waals surface area (Å²) >= 11 is 0. The van der Waals surface area contributed by atoms with Gasteiger partial charge in [-0.1, -0.05) is 0 Å². The number of carbonyl (C=O) groups is 1. The number of amides is 1. The van der Waals surface area contributed by atoms with Crippen LogP contribution in [-0.4, -0.2) is 56.1 Å². The van der Waals surface area contributed by atoms with Crippen molar-refractivity contribution in [2.45, 2.75) is 25.7 Å². The van der Waals surface area contributed by atoms with Gasteiger partial charge in [0.05, 0.1) is 5.56 Å². The smallest absolute Gasteiger partial charge is 0.257 e. The third kappa shape index (κ3) is 5.96. The first kappa shape index (κ1) is 20.1. The van der Waals surface area contributed by atoms with Crippen LogP contribution in [0, 0.1) is 0 Å². The molecule has 6 heteroatoms. The average Bonchev–Trinajstić information content (AvgIpc) is 2.73. The first-order valence-electron chi connectivity index (χ1n) is 10.1. The zero-order chi connectivity index (χ0) is 19.8. The number of hydrogen-bond acceptors (Lipinski definition) is 5. The molecule has 0 bridgehead atoms. The molecule has 2 aromatic rings. The van der Waals surface area contributed by atoms with Crippen LogP contribution in [-0.2, 0) is 0 Å². The molecule has 0 atom stereocenters. The van der Waals surface area contributed by atoms with Crippen LogP contribution in [0.25, 0.3) is 0 Å². The van der Waals surface area contributed by atoms with Crippen molar-refractivity contribution in [1.29, 1.82) is 0 Å². The fraction of sp³-hybridized carbons (Fsp3) is 0.455. The molecule has 6 nitrogen and oxygen atoms in total. The lowest BCUT2D eigenvalue weighted by Crippen LogP contribution is -2.29. The van der Waals surface area contributed by atoms with E-state index in [1.165, 1.54) is 24.9 Å². The van der Waals surface area contributed by atoms with Gasteiger partial charge >= 0.3 is 0 Å². The molecule has 0 saturated carbocycles. The fourth-order valence-electron chi connectivity index (χ4n) is 3.36. The molecule has 0 aliphatic carbocycles. The number of benzene rings is 1. The number of aromatic nitrogens is 1. The maximum absolute atomic E-state index is 12.5. The summed E-state index contributed by atoms with van der Waals surface area (Å²) in [5.74, 6) is 0.651. The molecule has 1 aromatic heterocycles. The van der Waals surface area contributed by atoms with Crippen molar-refractivity contribution in [3.63, 3.8) is 0 Å². The van der Waals surface area contributed by atoms with Gasteiger partial charge in [-0.25, -0.2) is 4.98 Å². The normalized spacial score (nSPS) is 14.2. The molecule has 1 fully saturated rings. The number of anilines is 3. The van der Waals surface area contributed by atoms with Gasteiger partial charge in [-0.3, -0.25) is 4.79 Å². The van der Waals surface area contributed by atoms with Crippen LogP contribution in [0.5, 0.6) is 0 Å². The maximum Gasteiger partial charge on any atom is 0.257 e. The molecule has 1 aliphatic rings. The third-order valence-electron chi connectivity index (χ3n) is 4.96. The van der Waals surface area contributed by atoms with Crippen molar-refractivity contribution >= 4 is 23.1 Å². The van der Waals surface area contributed by atoms with Gasteiger partial charge in [0, 0.05) is 37.2 Å². The highest BCUT2D eigenvalue weighted by atomic mass is 16.1. The molecule has 1 aromatic carbocycles. The van der Waals surface area contributed by atoms with Crippen molar-refractivity contribution < 1.29 is 4.79 Å². The van der Waals surface area contributed by atoms with Gasteiger partial charge in [0.15, 0.2) is 0 Å². The zero-order valence-electron chi connectivity index (χ0n) is 16.9.